The third-order valence-electron chi connectivity index (χ3n) is 7.96. The first-order valence-electron chi connectivity index (χ1n) is 13.9. The van der Waals surface area contributed by atoms with Gasteiger partial charge in [-0.05, 0) is 48.4 Å². The largest absolute Gasteiger partial charge is 0.368 e. The van der Waals surface area contributed by atoms with E-state index in [1.807, 2.05) is 30.3 Å². The van der Waals surface area contributed by atoms with E-state index in [0.717, 1.165) is 16.2 Å². The van der Waals surface area contributed by atoms with Crippen molar-refractivity contribution in [2.24, 2.45) is 0 Å². The van der Waals surface area contributed by atoms with E-state index < -0.39 is 26.1 Å². The average Bonchev–Trinajstić information content (AvgIpc) is 3.02. The van der Waals surface area contributed by atoms with Gasteiger partial charge in [0, 0.05) is 69.1 Å². The van der Waals surface area contributed by atoms with Crippen molar-refractivity contribution < 1.29 is 21.6 Å². The van der Waals surface area contributed by atoms with Crippen molar-refractivity contribution in [3.05, 3.63) is 96.8 Å². The van der Waals surface area contributed by atoms with Crippen LogP contribution < -0.4 is 9.21 Å². The van der Waals surface area contributed by atoms with Gasteiger partial charge in [0.1, 0.15) is 6.04 Å². The van der Waals surface area contributed by atoms with E-state index in [1.54, 1.807) is 65.8 Å². The molecule has 0 radical (unpaired) electrons. The maximum atomic E-state index is 14.1. The maximum absolute atomic E-state index is 14.1. The molecule has 43 heavy (non-hydrogen) atoms. The molecule has 5 rings (SSSR count). The number of benzene rings is 3. The summed E-state index contributed by atoms with van der Waals surface area (Å²) in [7, 11) is -4.64. The Bertz CT molecular complexity index is 1800. The molecule has 1 saturated heterocycles. The number of nitrogens with zero attached hydrogens (tertiary/aromatic N) is 5. The topological polar surface area (TPSA) is 111 Å². The molecule has 3 aromatic carbocycles. The number of pyridine rings is 1. The SMILES string of the molecule is CN(c1ccc(C[C@@H](C(=O)N2CCN(c3ccccc3)CC2)N(C)S(=O)(=O)c2cccc3cnccc23)cc1)S(C)(=O)=O. The summed E-state index contributed by atoms with van der Waals surface area (Å²) in [4.78, 5) is 22.3. The molecular formula is C31H35N5O5S2. The summed E-state index contributed by atoms with van der Waals surface area (Å²) in [6, 6.07) is 22.4. The third kappa shape index (κ3) is 6.51. The van der Waals surface area contributed by atoms with Gasteiger partial charge in [-0.1, -0.05) is 42.5 Å². The van der Waals surface area contributed by atoms with Crippen LogP contribution >= 0.6 is 0 Å². The Labute approximate surface area is 253 Å². The van der Waals surface area contributed by atoms with Gasteiger partial charge < -0.3 is 9.80 Å². The van der Waals surface area contributed by atoms with Crippen molar-refractivity contribution in [2.45, 2.75) is 17.4 Å². The lowest BCUT2D eigenvalue weighted by Crippen LogP contribution is -2.56. The molecule has 1 aliphatic heterocycles. The van der Waals surface area contributed by atoms with Gasteiger partial charge in [-0.25, -0.2) is 16.8 Å². The summed E-state index contributed by atoms with van der Waals surface area (Å²) in [5.74, 6) is -0.280. The first-order chi connectivity index (χ1) is 20.5. The third-order valence-corrected chi connectivity index (χ3v) is 11.1. The molecule has 2 heterocycles. The van der Waals surface area contributed by atoms with Crippen LogP contribution in [0.3, 0.4) is 0 Å². The van der Waals surface area contributed by atoms with Crippen LogP contribution in [0.5, 0.6) is 0 Å². The molecule has 1 fully saturated rings. The van der Waals surface area contributed by atoms with Crippen LogP contribution in [0.4, 0.5) is 11.4 Å². The summed E-state index contributed by atoms with van der Waals surface area (Å²) < 4.78 is 54.5. The second-order valence-corrected chi connectivity index (χ2v) is 14.6. The molecule has 0 unspecified atom stereocenters. The van der Waals surface area contributed by atoms with Gasteiger partial charge in [0.2, 0.25) is 26.0 Å². The van der Waals surface area contributed by atoms with Gasteiger partial charge in [0.25, 0.3) is 0 Å². The summed E-state index contributed by atoms with van der Waals surface area (Å²) >= 11 is 0. The number of anilines is 2. The Morgan fingerprint density at radius 3 is 2.19 bits per heavy atom. The minimum Gasteiger partial charge on any atom is -0.368 e. The van der Waals surface area contributed by atoms with E-state index in [4.69, 9.17) is 0 Å². The Balaban J connectivity index is 1.45. The smallest absolute Gasteiger partial charge is 0.244 e. The first kappa shape index (κ1) is 30.5. The highest BCUT2D eigenvalue weighted by atomic mass is 32.2. The van der Waals surface area contributed by atoms with Crippen LogP contribution in [0, 0.1) is 0 Å². The van der Waals surface area contributed by atoms with Gasteiger partial charge >= 0.3 is 0 Å². The summed E-state index contributed by atoms with van der Waals surface area (Å²) in [5.41, 5.74) is 2.25. The Hall–Kier alpha value is -4.00. The lowest BCUT2D eigenvalue weighted by atomic mass is 10.0. The number of fused-ring (bicyclic) bond motifs is 1. The number of likely N-dealkylation sites (N-methyl/N-ethyl adjacent to an activating group) is 1. The Morgan fingerprint density at radius 1 is 0.860 bits per heavy atom. The quantitative estimate of drug-likeness (QED) is 0.282. The normalized spacial score (nSPS) is 15.1. The second kappa shape index (κ2) is 12.3. The van der Waals surface area contributed by atoms with Crippen LogP contribution in [0.1, 0.15) is 5.56 Å². The van der Waals surface area contributed by atoms with Gasteiger partial charge in [-0.2, -0.15) is 4.31 Å². The Morgan fingerprint density at radius 2 is 1.53 bits per heavy atom. The van der Waals surface area contributed by atoms with Crippen molar-refractivity contribution in [1.29, 1.82) is 0 Å². The fourth-order valence-corrected chi connectivity index (χ4v) is 7.33. The summed E-state index contributed by atoms with van der Waals surface area (Å²) in [5, 5.41) is 1.21. The van der Waals surface area contributed by atoms with Crippen LogP contribution in [-0.2, 0) is 31.3 Å². The molecule has 0 spiro atoms. The highest BCUT2D eigenvalue weighted by Crippen LogP contribution is 2.28. The minimum atomic E-state index is -4.10. The summed E-state index contributed by atoms with van der Waals surface area (Å²) in [6.45, 7) is 2.16. The predicted molar refractivity (Wildman–Crippen MR) is 169 cm³/mol. The Kier molecular flexibility index (Phi) is 8.72. The molecule has 1 atom stereocenters. The van der Waals surface area contributed by atoms with E-state index in [1.165, 1.54) is 18.4 Å². The zero-order valence-corrected chi connectivity index (χ0v) is 26.0. The van der Waals surface area contributed by atoms with Gasteiger partial charge in [-0.15, -0.1) is 0 Å². The standard InChI is InChI=1S/C31H35N5O5S2/c1-33(42(3,38)39)26-14-12-24(13-15-26)22-29(31(37)36-20-18-35(19-21-36)27-9-5-4-6-10-27)34(2)43(40,41)30-11-7-8-25-23-32-17-16-28(25)30/h4-17,23,29H,18-22H2,1-3H3/t29-/m0/s1. The molecule has 0 N–H and O–H groups in total. The lowest BCUT2D eigenvalue weighted by Gasteiger charge is -2.39. The number of piperazine rings is 1. The highest BCUT2D eigenvalue weighted by Gasteiger charge is 2.37. The molecule has 0 aliphatic carbocycles. The van der Waals surface area contributed by atoms with Gasteiger partial charge in [0.05, 0.1) is 16.8 Å². The molecule has 1 aliphatic rings. The first-order valence-corrected chi connectivity index (χ1v) is 17.2. The molecule has 12 heteroatoms. The van der Waals surface area contributed by atoms with Crippen LogP contribution in [0.25, 0.3) is 10.8 Å². The second-order valence-electron chi connectivity index (χ2n) is 10.6. The number of hydrogen-bond acceptors (Lipinski definition) is 7. The van der Waals surface area contributed by atoms with Crippen molar-refractivity contribution in [3.63, 3.8) is 0 Å². The van der Waals surface area contributed by atoms with Crippen LogP contribution in [0.2, 0.25) is 0 Å². The number of para-hydroxylation sites is 1. The van der Waals surface area contributed by atoms with Crippen molar-refractivity contribution in [2.75, 3.05) is 55.7 Å². The molecule has 0 bridgehead atoms. The number of carbonyl (C=O) groups excluding carboxylic acids is 1. The van der Waals surface area contributed by atoms with E-state index >= 15 is 0 Å². The zero-order chi connectivity index (χ0) is 30.8. The van der Waals surface area contributed by atoms with E-state index in [2.05, 4.69) is 9.88 Å². The number of hydrogen-bond donors (Lipinski definition) is 0. The van der Waals surface area contributed by atoms with Crippen molar-refractivity contribution in [3.8, 4) is 0 Å². The van der Waals surface area contributed by atoms with Crippen molar-refractivity contribution >= 4 is 48.1 Å². The maximum Gasteiger partial charge on any atom is 0.244 e. The van der Waals surface area contributed by atoms with E-state index in [0.29, 0.717) is 48.2 Å². The number of amides is 1. The van der Waals surface area contributed by atoms with Gasteiger partial charge in [0.15, 0.2) is 0 Å². The number of aromatic nitrogens is 1. The number of sulfonamides is 2. The average molecular weight is 622 g/mol. The summed E-state index contributed by atoms with van der Waals surface area (Å²) in [6.07, 6.45) is 4.39. The highest BCUT2D eigenvalue weighted by molar-refractivity contribution is 7.92. The van der Waals surface area contributed by atoms with Crippen LogP contribution in [-0.4, -0.2) is 89.5 Å². The number of rotatable bonds is 9. The van der Waals surface area contributed by atoms with Crippen LogP contribution in [0.15, 0.2) is 96.2 Å². The fourth-order valence-electron chi connectivity index (χ4n) is 5.30. The molecule has 0 saturated carbocycles. The number of carbonyl (C=O) groups is 1. The van der Waals surface area contributed by atoms with E-state index in [9.17, 15) is 21.6 Å². The fraction of sp³-hybridized carbons (Fsp3) is 0.290. The van der Waals surface area contributed by atoms with Crippen molar-refractivity contribution in [1.82, 2.24) is 14.2 Å². The molecule has 10 nitrogen and oxygen atoms in total. The van der Waals surface area contributed by atoms with E-state index in [-0.39, 0.29) is 17.2 Å². The molecule has 1 aromatic heterocycles. The molecule has 226 valence electrons. The zero-order valence-electron chi connectivity index (χ0n) is 24.4. The minimum absolute atomic E-state index is 0.103. The predicted octanol–water partition coefficient (Wildman–Crippen LogP) is 3.21. The molecule has 1 amide bonds. The molecule has 4 aromatic rings. The van der Waals surface area contributed by atoms with Gasteiger partial charge in [-0.3, -0.25) is 14.1 Å². The monoisotopic (exact) mass is 621 g/mol. The lowest BCUT2D eigenvalue weighted by molar-refractivity contribution is -0.135. The molecular weight excluding hydrogens is 587 g/mol.